The Morgan fingerprint density at radius 3 is 2.38 bits per heavy atom. The summed E-state index contributed by atoms with van der Waals surface area (Å²) in [6.07, 6.45) is 7.58. The summed E-state index contributed by atoms with van der Waals surface area (Å²) in [4.78, 5) is 21.1. The third-order valence-corrected chi connectivity index (χ3v) is 8.04. The molecule has 0 bridgehead atoms. The minimum absolute atomic E-state index is 0.178. The van der Waals surface area contributed by atoms with E-state index in [-0.39, 0.29) is 31.0 Å². The number of nitrogens with zero attached hydrogens (tertiary/aromatic N) is 4. The molecule has 52 heavy (non-hydrogen) atoms. The summed E-state index contributed by atoms with van der Waals surface area (Å²) in [6.45, 7) is 10.6. The van der Waals surface area contributed by atoms with Crippen molar-refractivity contribution < 1.29 is 32.6 Å². The molecular weight excluding hydrogens is 660 g/mol. The van der Waals surface area contributed by atoms with Crippen LogP contribution in [0.2, 0.25) is 0 Å². The second-order valence-electron chi connectivity index (χ2n) is 13.1. The van der Waals surface area contributed by atoms with E-state index in [0.717, 1.165) is 27.9 Å². The van der Waals surface area contributed by atoms with Crippen molar-refractivity contribution in [3.8, 4) is 34.5 Å². The maximum Gasteiger partial charge on any atom is 0.310 e. The lowest BCUT2D eigenvalue weighted by atomic mass is 9.97. The van der Waals surface area contributed by atoms with E-state index in [4.69, 9.17) is 32.9 Å². The monoisotopic (exact) mass is 702 g/mol. The van der Waals surface area contributed by atoms with Crippen LogP contribution >= 0.6 is 0 Å². The number of esters is 1. The van der Waals surface area contributed by atoms with Gasteiger partial charge in [0.1, 0.15) is 36.6 Å². The molecule has 0 atom stereocenters. The van der Waals surface area contributed by atoms with E-state index in [1.165, 1.54) is 0 Å². The third kappa shape index (κ3) is 8.79. The zero-order chi connectivity index (χ0) is 36.7. The summed E-state index contributed by atoms with van der Waals surface area (Å²) in [5.41, 5.74) is 5.39. The molecule has 0 aliphatic rings. The van der Waals surface area contributed by atoms with Gasteiger partial charge in [-0.3, -0.25) is 4.79 Å². The number of carbonyl (C=O) groups is 1. The first-order chi connectivity index (χ1) is 25.1. The molecule has 0 aliphatic heterocycles. The van der Waals surface area contributed by atoms with Crippen LogP contribution in [-0.2, 0) is 34.6 Å². The molecule has 6 rings (SSSR count). The molecule has 0 fully saturated rings. The highest BCUT2D eigenvalue weighted by molar-refractivity contribution is 5.73. The van der Waals surface area contributed by atoms with E-state index >= 15 is 0 Å². The molecule has 0 amide bonds. The molecular formula is C41H42N4O7. The van der Waals surface area contributed by atoms with Gasteiger partial charge in [0, 0.05) is 17.2 Å². The van der Waals surface area contributed by atoms with Crippen LogP contribution in [0.25, 0.3) is 29.3 Å². The molecule has 0 saturated carbocycles. The standard InChI is InChI=1S/C41H42N4O7/c1-7-48-37(46)22-28-13-16-30(17-14-28)38-43-34(27(2)52-38)26-49-35-20-15-29(21-36(35)47-6)24-50-39-31(23-45(44-39)33-11-9-8-10-12-33)18-19-32-25-51-40(42-32)41(3,4)5/h8-21,23,25H,7,22,24,26H2,1-6H3. The van der Waals surface area contributed by atoms with Crippen molar-refractivity contribution in [1.82, 2.24) is 19.7 Å². The van der Waals surface area contributed by atoms with Crippen LogP contribution in [0, 0.1) is 6.92 Å². The maximum atomic E-state index is 11.8. The van der Waals surface area contributed by atoms with Crippen LogP contribution in [0.5, 0.6) is 17.4 Å². The van der Waals surface area contributed by atoms with Crippen molar-refractivity contribution in [2.45, 2.75) is 59.7 Å². The molecule has 0 aliphatic carbocycles. The molecule has 0 unspecified atom stereocenters. The van der Waals surface area contributed by atoms with E-state index in [1.807, 2.05) is 98.1 Å². The van der Waals surface area contributed by atoms with Crippen molar-refractivity contribution in [2.75, 3.05) is 13.7 Å². The van der Waals surface area contributed by atoms with Crippen LogP contribution in [0.4, 0.5) is 0 Å². The van der Waals surface area contributed by atoms with Gasteiger partial charge in [-0.2, -0.15) is 0 Å². The zero-order valence-corrected chi connectivity index (χ0v) is 30.2. The Labute approximate surface area is 302 Å². The Kier molecular flexibility index (Phi) is 10.9. The summed E-state index contributed by atoms with van der Waals surface area (Å²) in [7, 11) is 1.59. The number of para-hydroxylation sites is 1. The van der Waals surface area contributed by atoms with Gasteiger partial charge < -0.3 is 27.8 Å². The van der Waals surface area contributed by atoms with Crippen LogP contribution in [-0.4, -0.2) is 39.4 Å². The van der Waals surface area contributed by atoms with Gasteiger partial charge in [-0.05, 0) is 73.5 Å². The number of rotatable bonds is 14. The summed E-state index contributed by atoms with van der Waals surface area (Å²) in [6, 6.07) is 23.0. The molecule has 6 aromatic rings. The van der Waals surface area contributed by atoms with Crippen molar-refractivity contribution in [3.63, 3.8) is 0 Å². The average molecular weight is 703 g/mol. The number of aryl methyl sites for hydroxylation is 1. The number of benzene rings is 3. The van der Waals surface area contributed by atoms with Crippen molar-refractivity contribution >= 4 is 18.1 Å². The van der Waals surface area contributed by atoms with E-state index in [1.54, 1.807) is 25.0 Å². The van der Waals surface area contributed by atoms with E-state index in [2.05, 4.69) is 30.7 Å². The Balaban J connectivity index is 1.13. The van der Waals surface area contributed by atoms with Crippen LogP contribution in [0.1, 0.15) is 67.4 Å². The van der Waals surface area contributed by atoms with Gasteiger partial charge in [-0.1, -0.05) is 57.2 Å². The highest BCUT2D eigenvalue weighted by atomic mass is 16.5. The van der Waals surface area contributed by atoms with Crippen molar-refractivity contribution in [2.24, 2.45) is 0 Å². The van der Waals surface area contributed by atoms with Gasteiger partial charge in [0.25, 0.3) is 0 Å². The largest absolute Gasteiger partial charge is 0.493 e. The highest BCUT2D eigenvalue weighted by Gasteiger charge is 2.20. The minimum atomic E-state index is -0.259. The van der Waals surface area contributed by atoms with Crippen LogP contribution in [0.15, 0.2) is 94.1 Å². The first-order valence-electron chi connectivity index (χ1n) is 17.0. The number of hydrogen-bond acceptors (Lipinski definition) is 10. The SMILES string of the molecule is CCOC(=O)Cc1ccc(-c2nc(COc3ccc(COc4nn(-c5ccccc5)cc4C=Cc4coc(C(C)(C)C)n4)cc3OC)c(C)o2)cc1. The predicted octanol–water partition coefficient (Wildman–Crippen LogP) is 8.56. The quantitative estimate of drug-likeness (QED) is 0.102. The number of hydrogen-bond donors (Lipinski definition) is 0. The van der Waals surface area contributed by atoms with Crippen molar-refractivity contribution in [3.05, 3.63) is 125 Å². The Hall–Kier alpha value is -6.10. The Bertz CT molecular complexity index is 2140. The second kappa shape index (κ2) is 15.8. The van der Waals surface area contributed by atoms with E-state index in [9.17, 15) is 4.79 Å². The predicted molar refractivity (Wildman–Crippen MR) is 196 cm³/mol. The molecule has 11 nitrogen and oxygen atoms in total. The molecule has 268 valence electrons. The number of carbonyl (C=O) groups excluding carboxylic acids is 1. The lowest BCUT2D eigenvalue weighted by Crippen LogP contribution is -2.11. The van der Waals surface area contributed by atoms with Crippen LogP contribution < -0.4 is 14.2 Å². The minimum Gasteiger partial charge on any atom is -0.493 e. The molecule has 3 heterocycles. The molecule has 0 spiro atoms. The number of methoxy groups -OCH3 is 1. The molecule has 0 saturated heterocycles. The zero-order valence-electron chi connectivity index (χ0n) is 30.2. The fraction of sp³-hybridized carbons (Fsp3) is 0.268. The summed E-state index contributed by atoms with van der Waals surface area (Å²) in [5.74, 6) is 3.09. The molecule has 0 N–H and O–H groups in total. The van der Waals surface area contributed by atoms with Gasteiger partial charge in [-0.15, -0.1) is 5.10 Å². The van der Waals surface area contributed by atoms with Gasteiger partial charge in [-0.25, -0.2) is 14.6 Å². The lowest BCUT2D eigenvalue weighted by Gasteiger charge is -2.12. The highest BCUT2D eigenvalue weighted by Crippen LogP contribution is 2.31. The molecule has 3 aromatic carbocycles. The normalized spacial score (nSPS) is 11.6. The number of ether oxygens (including phenoxy) is 4. The molecule has 11 heteroatoms. The number of aromatic nitrogens is 4. The Morgan fingerprint density at radius 1 is 0.904 bits per heavy atom. The van der Waals surface area contributed by atoms with Crippen molar-refractivity contribution in [1.29, 1.82) is 0 Å². The lowest BCUT2D eigenvalue weighted by molar-refractivity contribution is -0.142. The molecule has 0 radical (unpaired) electrons. The summed E-state index contributed by atoms with van der Waals surface area (Å²) < 4.78 is 36.5. The summed E-state index contributed by atoms with van der Waals surface area (Å²) in [5, 5.41) is 4.74. The van der Waals surface area contributed by atoms with Crippen LogP contribution in [0.3, 0.4) is 0 Å². The fourth-order valence-corrected chi connectivity index (χ4v) is 5.24. The molecule has 3 aromatic heterocycles. The van der Waals surface area contributed by atoms with E-state index < -0.39 is 0 Å². The van der Waals surface area contributed by atoms with Gasteiger partial charge in [0.15, 0.2) is 17.4 Å². The van der Waals surface area contributed by atoms with Gasteiger partial charge >= 0.3 is 5.97 Å². The maximum absolute atomic E-state index is 11.8. The average Bonchev–Trinajstić information content (AvgIpc) is 3.88. The fourth-order valence-electron chi connectivity index (χ4n) is 5.24. The Morgan fingerprint density at radius 2 is 1.67 bits per heavy atom. The third-order valence-electron chi connectivity index (χ3n) is 8.04. The topological polar surface area (TPSA) is 124 Å². The number of oxazole rings is 2. The first-order valence-corrected chi connectivity index (χ1v) is 17.0. The second-order valence-corrected chi connectivity index (χ2v) is 13.1. The van der Waals surface area contributed by atoms with Gasteiger partial charge in [0.05, 0.1) is 31.4 Å². The smallest absolute Gasteiger partial charge is 0.310 e. The van der Waals surface area contributed by atoms with E-state index in [0.29, 0.717) is 52.9 Å². The van der Waals surface area contributed by atoms with Gasteiger partial charge in [0.2, 0.25) is 11.8 Å². The first kappa shape index (κ1) is 35.7. The summed E-state index contributed by atoms with van der Waals surface area (Å²) >= 11 is 0.